The van der Waals surface area contributed by atoms with Crippen LogP contribution in [0.1, 0.15) is 128 Å². The normalized spacial score (nSPS) is 25.5. The van der Waals surface area contributed by atoms with Crippen LogP contribution in [-0.2, 0) is 41.9 Å². The SMILES string of the molecule is C[C](c1ccccc1)=[Hf]([CH]1C=CC2=C1CCCC2)[CH]1C=CC2=C1CCCC2.C[C](c1ccccc1)=[Hf]([CH]1C=CC2=C1CCCC2)[CH]1C=CC2=C1CCCC2.Cl.Cl. The molecule has 0 heterocycles. The first-order valence-corrected chi connectivity index (χ1v) is 33.7. The molecule has 0 spiro atoms. The molecule has 8 aliphatic carbocycles. The van der Waals surface area contributed by atoms with E-state index >= 15 is 0 Å². The average Bonchev–Trinajstić information content (AvgIpc) is 4.06. The maximum atomic E-state index is 2.65. The van der Waals surface area contributed by atoms with Gasteiger partial charge in [-0.15, -0.1) is 24.8 Å². The van der Waals surface area contributed by atoms with Gasteiger partial charge >= 0.3 is 345 Å². The largest absolute Gasteiger partial charge is 0.147 e. The first-order valence-electron chi connectivity index (χ1n) is 21.8. The second-order valence-corrected chi connectivity index (χ2v) is 38.1. The van der Waals surface area contributed by atoms with Crippen molar-refractivity contribution < 1.29 is 41.9 Å². The molecule has 0 radical (unpaired) electrons. The molecular weight excluding hydrogens is 1050 g/mol. The van der Waals surface area contributed by atoms with Gasteiger partial charge in [0, 0.05) is 0 Å². The van der Waals surface area contributed by atoms with Crippen LogP contribution >= 0.6 is 24.8 Å². The molecule has 0 aliphatic heterocycles. The van der Waals surface area contributed by atoms with Crippen molar-refractivity contribution >= 4 is 31.3 Å². The molecule has 0 bridgehead atoms. The minimum atomic E-state index is -2.18. The summed E-state index contributed by atoms with van der Waals surface area (Å²) in [5.74, 6) is 0. The Kier molecular flexibility index (Phi) is 14.9. The van der Waals surface area contributed by atoms with Crippen molar-refractivity contribution in [2.24, 2.45) is 0 Å². The van der Waals surface area contributed by atoms with Gasteiger partial charge in [0.25, 0.3) is 0 Å². The van der Waals surface area contributed by atoms with Crippen molar-refractivity contribution in [1.82, 2.24) is 0 Å². The quantitative estimate of drug-likeness (QED) is 0.253. The molecule has 2 aromatic carbocycles. The summed E-state index contributed by atoms with van der Waals surface area (Å²) < 4.78 is 6.85. The van der Waals surface area contributed by atoms with E-state index in [1.165, 1.54) is 114 Å². The Labute approximate surface area is 366 Å². The second kappa shape index (κ2) is 19.7. The Morgan fingerprint density at radius 3 is 0.893 bits per heavy atom. The van der Waals surface area contributed by atoms with Gasteiger partial charge in [-0.05, 0) is 0 Å². The van der Waals surface area contributed by atoms with E-state index < -0.39 is 41.9 Å². The molecule has 0 nitrogen and oxygen atoms in total. The molecule has 56 heavy (non-hydrogen) atoms. The Bertz CT molecular complexity index is 1850. The van der Waals surface area contributed by atoms with Gasteiger partial charge in [0.05, 0.1) is 0 Å². The Hall–Kier alpha value is -1.58. The zero-order chi connectivity index (χ0) is 36.4. The second-order valence-electron chi connectivity index (χ2n) is 17.3. The van der Waals surface area contributed by atoms with Crippen LogP contribution in [0, 0.1) is 0 Å². The fourth-order valence-electron chi connectivity index (χ4n) is 11.5. The standard InChI is InChI=1S/4C9H11.2C8H8.2ClH.2Hf/c4*1-2-5-9-7-3-6-8(9)4-1;2*1-2-8-6-4-3-5-7-8;;;;/h4*3,6-7H,1-2,4-5H2;2*3-7H,1H3;2*1H;;. The molecule has 8 aliphatic rings. The van der Waals surface area contributed by atoms with E-state index in [1.807, 2.05) is 22.3 Å². The number of hydrogen-bond acceptors (Lipinski definition) is 0. The van der Waals surface area contributed by atoms with Crippen molar-refractivity contribution in [3.8, 4) is 0 Å². The maximum absolute atomic E-state index is 2.65. The molecule has 0 N–H and O–H groups in total. The van der Waals surface area contributed by atoms with Crippen LogP contribution < -0.4 is 0 Å². The van der Waals surface area contributed by atoms with Crippen LogP contribution in [0.25, 0.3) is 0 Å². The molecule has 292 valence electrons. The van der Waals surface area contributed by atoms with Gasteiger partial charge in [0.1, 0.15) is 0 Å². The maximum Gasteiger partial charge on any atom is -0.147 e. The molecular formula is C52H62Cl2Hf2. The van der Waals surface area contributed by atoms with E-state index in [-0.39, 0.29) is 24.8 Å². The van der Waals surface area contributed by atoms with Gasteiger partial charge in [0.15, 0.2) is 0 Å². The summed E-state index contributed by atoms with van der Waals surface area (Å²) in [6, 6.07) is 22.7. The summed E-state index contributed by atoms with van der Waals surface area (Å²) >= 11 is -4.36. The van der Waals surface area contributed by atoms with Crippen LogP contribution in [-0.4, -0.2) is 6.51 Å². The summed E-state index contributed by atoms with van der Waals surface area (Å²) in [4.78, 5) is 0. The third-order valence-electron chi connectivity index (χ3n) is 14.3. The predicted octanol–water partition coefficient (Wildman–Crippen LogP) is 15.4. The number of rotatable bonds is 6. The fraction of sp³-hybridized carbons (Fsp3) is 0.423. The summed E-state index contributed by atoms with van der Waals surface area (Å²) in [5.41, 5.74) is 17.4. The summed E-state index contributed by atoms with van der Waals surface area (Å²) in [6.45, 7) is 5.00. The molecule has 10 rings (SSSR count). The third-order valence-corrected chi connectivity index (χ3v) is 40.0. The molecule has 0 fully saturated rings. The third kappa shape index (κ3) is 8.67. The van der Waals surface area contributed by atoms with Crippen molar-refractivity contribution in [3.05, 3.63) is 165 Å². The zero-order valence-corrected chi connectivity index (χ0v) is 42.7. The fourth-order valence-corrected chi connectivity index (χ4v) is 39.1. The van der Waals surface area contributed by atoms with E-state index in [0.717, 1.165) is 14.7 Å². The van der Waals surface area contributed by atoms with Gasteiger partial charge in [-0.2, -0.15) is 0 Å². The van der Waals surface area contributed by atoms with Crippen LogP contribution in [0.3, 0.4) is 0 Å². The molecule has 0 saturated carbocycles. The molecule has 0 aromatic heterocycles. The molecule has 4 heteroatoms. The van der Waals surface area contributed by atoms with Crippen LogP contribution in [0.2, 0.25) is 14.7 Å². The minimum Gasteiger partial charge on any atom is -0.147 e. The minimum absolute atomic E-state index is 0. The predicted molar refractivity (Wildman–Crippen MR) is 240 cm³/mol. The van der Waals surface area contributed by atoms with Crippen molar-refractivity contribution in [3.63, 3.8) is 0 Å². The smallest absolute Gasteiger partial charge is 0.147 e. The summed E-state index contributed by atoms with van der Waals surface area (Å²) in [7, 11) is 0. The number of benzene rings is 2. The van der Waals surface area contributed by atoms with Gasteiger partial charge < -0.3 is 0 Å². The van der Waals surface area contributed by atoms with E-state index in [0.29, 0.717) is 0 Å². The summed E-state index contributed by atoms with van der Waals surface area (Å²) in [6.07, 6.45) is 42.8. The Morgan fingerprint density at radius 2 is 0.625 bits per heavy atom. The van der Waals surface area contributed by atoms with E-state index in [2.05, 4.69) is 123 Å². The van der Waals surface area contributed by atoms with E-state index in [4.69, 9.17) is 0 Å². The number of hydrogen-bond donors (Lipinski definition) is 0. The van der Waals surface area contributed by atoms with Gasteiger partial charge in [0.2, 0.25) is 0 Å². The van der Waals surface area contributed by atoms with Crippen molar-refractivity contribution in [2.45, 2.75) is 131 Å². The zero-order valence-electron chi connectivity index (χ0n) is 33.8. The van der Waals surface area contributed by atoms with Gasteiger partial charge in [-0.25, -0.2) is 0 Å². The monoisotopic (exact) mass is 1120 g/mol. The molecule has 0 amide bonds. The Balaban J connectivity index is 0.000000166. The topological polar surface area (TPSA) is 0 Å². The van der Waals surface area contributed by atoms with Crippen molar-refractivity contribution in [1.29, 1.82) is 0 Å². The molecule has 4 unspecified atom stereocenters. The molecule has 0 saturated heterocycles. The average molecular weight is 1110 g/mol. The Morgan fingerprint density at radius 1 is 0.375 bits per heavy atom. The molecule has 2 aromatic rings. The first kappa shape index (κ1) is 42.5. The summed E-state index contributed by atoms with van der Waals surface area (Å²) in [5, 5.41) is 0. The van der Waals surface area contributed by atoms with Crippen molar-refractivity contribution in [2.75, 3.05) is 0 Å². The van der Waals surface area contributed by atoms with Crippen LogP contribution in [0.4, 0.5) is 0 Å². The van der Waals surface area contributed by atoms with E-state index in [1.54, 1.807) is 28.8 Å². The van der Waals surface area contributed by atoms with E-state index in [9.17, 15) is 0 Å². The van der Waals surface area contributed by atoms with Gasteiger partial charge in [-0.3, -0.25) is 0 Å². The molecule has 4 atom stereocenters. The first-order chi connectivity index (χ1) is 26.7. The van der Waals surface area contributed by atoms with Crippen LogP contribution in [0.15, 0.2) is 154 Å². The van der Waals surface area contributed by atoms with Gasteiger partial charge in [-0.1, -0.05) is 0 Å². The number of allylic oxidation sites excluding steroid dienone is 16. The van der Waals surface area contributed by atoms with Crippen LogP contribution in [0.5, 0.6) is 0 Å². The number of halogens is 2.